The first kappa shape index (κ1) is 13.0. The van der Waals surface area contributed by atoms with Crippen LogP contribution in [0, 0.1) is 5.41 Å². The molecule has 1 N–H and O–H groups in total. The van der Waals surface area contributed by atoms with Gasteiger partial charge in [-0.15, -0.1) is 0 Å². The summed E-state index contributed by atoms with van der Waals surface area (Å²) < 4.78 is 5.59. The van der Waals surface area contributed by atoms with Crippen LogP contribution in [0.4, 0.5) is 0 Å². The third kappa shape index (κ3) is 2.27. The van der Waals surface area contributed by atoms with E-state index in [9.17, 15) is 0 Å². The van der Waals surface area contributed by atoms with Gasteiger partial charge in [0, 0.05) is 23.6 Å². The number of hydrogen-bond donors (Lipinski definition) is 1. The van der Waals surface area contributed by atoms with Crippen molar-refractivity contribution in [1.29, 1.82) is 0 Å². The molecule has 2 nitrogen and oxygen atoms in total. The van der Waals surface area contributed by atoms with Crippen LogP contribution in [0.5, 0.6) is 5.75 Å². The predicted molar refractivity (Wildman–Crippen MR) is 78.7 cm³/mol. The zero-order chi connectivity index (χ0) is 13.5. The molecule has 2 fully saturated rings. The highest BCUT2D eigenvalue weighted by Gasteiger charge is 2.61. The number of ether oxygens (including phenoxy) is 1. The Bertz CT molecular complexity index is 454. The van der Waals surface area contributed by atoms with Crippen LogP contribution in [0.2, 0.25) is 0 Å². The summed E-state index contributed by atoms with van der Waals surface area (Å²) >= 11 is 0. The summed E-state index contributed by atoms with van der Waals surface area (Å²) in [5.74, 6) is 1.06. The second-order valence-electron chi connectivity index (χ2n) is 6.87. The van der Waals surface area contributed by atoms with Gasteiger partial charge in [0.05, 0.1) is 7.11 Å². The van der Waals surface area contributed by atoms with Gasteiger partial charge in [0.2, 0.25) is 0 Å². The summed E-state index contributed by atoms with van der Waals surface area (Å²) in [6, 6.07) is 9.12. The van der Waals surface area contributed by atoms with E-state index in [0.717, 1.165) is 12.3 Å². The SMILES string of the molecule is COc1ccccc1C1(CNC(C)C)CC2(CC2)C1. The summed E-state index contributed by atoms with van der Waals surface area (Å²) in [6.45, 7) is 5.52. The topological polar surface area (TPSA) is 21.3 Å². The Balaban J connectivity index is 1.86. The van der Waals surface area contributed by atoms with Crippen LogP contribution < -0.4 is 10.1 Å². The highest BCUT2D eigenvalue weighted by molar-refractivity contribution is 5.43. The first-order valence-corrected chi connectivity index (χ1v) is 7.46. The van der Waals surface area contributed by atoms with E-state index in [1.54, 1.807) is 7.11 Å². The van der Waals surface area contributed by atoms with Gasteiger partial charge in [-0.3, -0.25) is 0 Å². The summed E-state index contributed by atoms with van der Waals surface area (Å²) in [6.07, 6.45) is 5.54. The molecular formula is C17H25NO. The molecule has 0 bridgehead atoms. The second-order valence-corrected chi connectivity index (χ2v) is 6.87. The third-order valence-corrected chi connectivity index (χ3v) is 4.91. The number of hydrogen-bond acceptors (Lipinski definition) is 2. The van der Waals surface area contributed by atoms with Crippen LogP contribution in [0.25, 0.3) is 0 Å². The molecule has 0 amide bonds. The molecule has 0 heterocycles. The van der Waals surface area contributed by atoms with Crippen molar-refractivity contribution in [2.75, 3.05) is 13.7 Å². The maximum absolute atomic E-state index is 5.59. The van der Waals surface area contributed by atoms with E-state index in [-0.39, 0.29) is 0 Å². The first-order valence-electron chi connectivity index (χ1n) is 7.46. The van der Waals surface area contributed by atoms with Crippen molar-refractivity contribution in [1.82, 2.24) is 5.32 Å². The predicted octanol–water partition coefficient (Wildman–Crippen LogP) is 3.51. The fraction of sp³-hybridized carbons (Fsp3) is 0.647. The fourth-order valence-corrected chi connectivity index (χ4v) is 3.81. The molecule has 2 aliphatic rings. The van der Waals surface area contributed by atoms with Gasteiger partial charge in [-0.2, -0.15) is 0 Å². The van der Waals surface area contributed by atoms with Crippen molar-refractivity contribution >= 4 is 0 Å². The van der Waals surface area contributed by atoms with Crippen molar-refractivity contribution in [2.24, 2.45) is 5.41 Å². The van der Waals surface area contributed by atoms with Gasteiger partial charge in [0.15, 0.2) is 0 Å². The molecule has 104 valence electrons. The lowest BCUT2D eigenvalue weighted by atomic mass is 9.56. The minimum absolute atomic E-state index is 0.299. The zero-order valence-corrected chi connectivity index (χ0v) is 12.3. The van der Waals surface area contributed by atoms with Gasteiger partial charge in [-0.05, 0) is 37.2 Å². The Morgan fingerprint density at radius 3 is 2.47 bits per heavy atom. The molecular weight excluding hydrogens is 234 g/mol. The van der Waals surface area contributed by atoms with Gasteiger partial charge in [-0.1, -0.05) is 32.0 Å². The molecule has 0 atom stereocenters. The van der Waals surface area contributed by atoms with Crippen LogP contribution in [-0.4, -0.2) is 19.7 Å². The smallest absolute Gasteiger partial charge is 0.122 e. The maximum atomic E-state index is 5.59. The molecule has 3 rings (SSSR count). The lowest BCUT2D eigenvalue weighted by molar-refractivity contribution is 0.111. The Labute approximate surface area is 116 Å². The lowest BCUT2D eigenvalue weighted by Gasteiger charge is -2.50. The summed E-state index contributed by atoms with van der Waals surface area (Å²) in [7, 11) is 1.79. The average Bonchev–Trinajstić information content (AvgIpc) is 3.15. The van der Waals surface area contributed by atoms with Crippen LogP contribution in [0.3, 0.4) is 0 Å². The summed E-state index contributed by atoms with van der Waals surface area (Å²) in [4.78, 5) is 0. The number of para-hydroxylation sites is 1. The van der Waals surface area contributed by atoms with E-state index in [1.165, 1.54) is 31.2 Å². The minimum Gasteiger partial charge on any atom is -0.496 e. The van der Waals surface area contributed by atoms with Gasteiger partial charge in [0.25, 0.3) is 0 Å². The molecule has 1 spiro atoms. The Morgan fingerprint density at radius 1 is 1.21 bits per heavy atom. The number of benzene rings is 1. The third-order valence-electron chi connectivity index (χ3n) is 4.91. The van der Waals surface area contributed by atoms with Crippen molar-refractivity contribution in [3.05, 3.63) is 29.8 Å². The molecule has 0 saturated heterocycles. The first-order chi connectivity index (χ1) is 9.09. The van der Waals surface area contributed by atoms with Gasteiger partial charge < -0.3 is 10.1 Å². The number of methoxy groups -OCH3 is 1. The largest absolute Gasteiger partial charge is 0.496 e. The standard InChI is InChI=1S/C17H25NO/c1-13(2)18-12-17(10-16(11-17)8-9-16)14-6-4-5-7-15(14)19-3/h4-7,13,18H,8-12H2,1-3H3. The van der Waals surface area contributed by atoms with E-state index in [1.807, 2.05) is 0 Å². The van der Waals surface area contributed by atoms with E-state index >= 15 is 0 Å². The molecule has 0 radical (unpaired) electrons. The highest BCUT2D eigenvalue weighted by Crippen LogP contribution is 2.69. The average molecular weight is 259 g/mol. The molecule has 0 aliphatic heterocycles. The van der Waals surface area contributed by atoms with Crippen molar-refractivity contribution in [3.8, 4) is 5.75 Å². The van der Waals surface area contributed by atoms with E-state index < -0.39 is 0 Å². The number of rotatable bonds is 5. The van der Waals surface area contributed by atoms with Crippen LogP contribution in [0.15, 0.2) is 24.3 Å². The lowest BCUT2D eigenvalue weighted by Crippen LogP contribution is -2.51. The Morgan fingerprint density at radius 2 is 1.89 bits per heavy atom. The fourth-order valence-electron chi connectivity index (χ4n) is 3.81. The molecule has 0 unspecified atom stereocenters. The Kier molecular flexibility index (Phi) is 3.09. The van der Waals surface area contributed by atoms with E-state index in [4.69, 9.17) is 4.74 Å². The quantitative estimate of drug-likeness (QED) is 0.873. The zero-order valence-electron chi connectivity index (χ0n) is 12.3. The monoisotopic (exact) mass is 259 g/mol. The molecule has 1 aromatic rings. The van der Waals surface area contributed by atoms with Crippen molar-refractivity contribution in [3.63, 3.8) is 0 Å². The molecule has 0 aromatic heterocycles. The molecule has 2 aliphatic carbocycles. The van der Waals surface area contributed by atoms with Crippen molar-refractivity contribution in [2.45, 2.75) is 51.0 Å². The van der Waals surface area contributed by atoms with Crippen LogP contribution in [-0.2, 0) is 5.41 Å². The summed E-state index contributed by atoms with van der Waals surface area (Å²) in [5, 5.41) is 3.65. The summed E-state index contributed by atoms with van der Waals surface area (Å²) in [5.41, 5.74) is 2.40. The minimum atomic E-state index is 0.299. The molecule has 2 saturated carbocycles. The molecule has 1 aromatic carbocycles. The normalized spacial score (nSPS) is 22.3. The second kappa shape index (κ2) is 4.52. The molecule has 19 heavy (non-hydrogen) atoms. The van der Waals surface area contributed by atoms with Crippen molar-refractivity contribution < 1.29 is 4.74 Å². The van der Waals surface area contributed by atoms with E-state index in [0.29, 0.717) is 16.9 Å². The van der Waals surface area contributed by atoms with Gasteiger partial charge >= 0.3 is 0 Å². The van der Waals surface area contributed by atoms with Crippen LogP contribution >= 0.6 is 0 Å². The van der Waals surface area contributed by atoms with Gasteiger partial charge in [-0.25, -0.2) is 0 Å². The molecule has 2 heteroatoms. The van der Waals surface area contributed by atoms with Crippen LogP contribution in [0.1, 0.15) is 45.1 Å². The van der Waals surface area contributed by atoms with Gasteiger partial charge in [0.1, 0.15) is 5.75 Å². The van der Waals surface area contributed by atoms with E-state index in [2.05, 4.69) is 43.4 Å². The Hall–Kier alpha value is -1.02. The maximum Gasteiger partial charge on any atom is 0.122 e. The number of nitrogens with one attached hydrogen (secondary N) is 1. The highest BCUT2D eigenvalue weighted by atomic mass is 16.5.